The van der Waals surface area contributed by atoms with Crippen LogP contribution in [-0.2, 0) is 9.59 Å². The second kappa shape index (κ2) is 5.84. The van der Waals surface area contributed by atoms with Crippen molar-refractivity contribution in [3.8, 4) is 0 Å². The molecule has 0 aliphatic rings. The molecule has 1 atom stereocenters. The van der Waals surface area contributed by atoms with E-state index in [1.165, 1.54) is 7.05 Å². The summed E-state index contributed by atoms with van der Waals surface area (Å²) >= 11 is 0. The summed E-state index contributed by atoms with van der Waals surface area (Å²) in [6.45, 7) is 0. The smallest absolute Gasteiger partial charge is 0.228 e. The molecule has 7 heteroatoms. The predicted molar refractivity (Wildman–Crippen MR) is 45.4 cm³/mol. The lowest BCUT2D eigenvalue weighted by atomic mass is 10.1. The number of nitrogens with two attached hydrogens (primary N) is 1. The Morgan fingerprint density at radius 2 is 2.31 bits per heavy atom. The van der Waals surface area contributed by atoms with E-state index in [4.69, 9.17) is 11.3 Å². The van der Waals surface area contributed by atoms with E-state index in [1.54, 1.807) is 0 Å². The highest BCUT2D eigenvalue weighted by atomic mass is 16.2. The summed E-state index contributed by atoms with van der Waals surface area (Å²) in [4.78, 5) is 23.9. The van der Waals surface area contributed by atoms with E-state index in [1.807, 2.05) is 0 Å². The quantitative estimate of drug-likeness (QED) is 0.346. The van der Waals surface area contributed by atoms with E-state index in [0.717, 1.165) is 0 Å². The number of azide groups is 1. The number of amides is 2. The van der Waals surface area contributed by atoms with Gasteiger partial charge in [-0.15, -0.1) is 0 Å². The van der Waals surface area contributed by atoms with Gasteiger partial charge >= 0.3 is 0 Å². The lowest BCUT2D eigenvalue weighted by Crippen LogP contribution is -2.31. The number of carbonyl (C=O) groups is 2. The molecule has 0 heterocycles. The largest absolute Gasteiger partial charge is 0.370 e. The molecule has 72 valence electrons. The van der Waals surface area contributed by atoms with Gasteiger partial charge in [0.15, 0.2) is 0 Å². The molecule has 0 aromatic carbocycles. The number of rotatable bonds is 5. The SMILES string of the molecule is CNC(=O)[C@H](CCC(N)=O)N=[N+]=[N-]. The molecular formula is C6H11N5O2. The standard InChI is InChI=1S/C6H11N5O2/c1-9-6(13)4(10-11-8)2-3-5(7)12/h4H,2-3H2,1H3,(H2,7,12)(H,9,13)/t4-/m0/s1. The van der Waals surface area contributed by atoms with Crippen LogP contribution in [0.2, 0.25) is 0 Å². The van der Waals surface area contributed by atoms with Crippen LogP contribution in [0.15, 0.2) is 5.11 Å². The highest BCUT2D eigenvalue weighted by molar-refractivity contribution is 5.82. The molecule has 2 amide bonds. The topological polar surface area (TPSA) is 121 Å². The molecule has 0 saturated heterocycles. The number of likely N-dealkylation sites (N-methyl/N-ethyl adjacent to an activating group) is 1. The van der Waals surface area contributed by atoms with Crippen molar-refractivity contribution < 1.29 is 9.59 Å². The van der Waals surface area contributed by atoms with Crippen LogP contribution < -0.4 is 11.1 Å². The summed E-state index contributed by atoms with van der Waals surface area (Å²) in [6.07, 6.45) is 0.163. The van der Waals surface area contributed by atoms with Gasteiger partial charge in [-0.2, -0.15) is 0 Å². The summed E-state index contributed by atoms with van der Waals surface area (Å²) < 4.78 is 0. The summed E-state index contributed by atoms with van der Waals surface area (Å²) in [5.41, 5.74) is 13.0. The Hall–Kier alpha value is -1.75. The molecule has 0 aromatic rings. The first-order valence-electron chi connectivity index (χ1n) is 3.66. The first kappa shape index (κ1) is 11.2. The number of primary amides is 1. The minimum Gasteiger partial charge on any atom is -0.370 e. The van der Waals surface area contributed by atoms with Gasteiger partial charge in [0.25, 0.3) is 0 Å². The van der Waals surface area contributed by atoms with Crippen molar-refractivity contribution in [2.24, 2.45) is 10.8 Å². The normalized spacial score (nSPS) is 11.2. The Labute approximate surface area is 74.9 Å². The van der Waals surface area contributed by atoms with Crippen molar-refractivity contribution in [1.29, 1.82) is 0 Å². The predicted octanol–water partition coefficient (Wildman–Crippen LogP) is -0.323. The molecule has 3 N–H and O–H groups in total. The van der Waals surface area contributed by atoms with Gasteiger partial charge in [0.05, 0.1) is 0 Å². The van der Waals surface area contributed by atoms with E-state index in [9.17, 15) is 9.59 Å². The van der Waals surface area contributed by atoms with E-state index < -0.39 is 17.9 Å². The lowest BCUT2D eigenvalue weighted by molar-refractivity contribution is -0.122. The summed E-state index contributed by atoms with van der Waals surface area (Å²) in [5, 5.41) is 5.55. The molecule has 0 saturated carbocycles. The van der Waals surface area contributed by atoms with Crippen LogP contribution in [0.1, 0.15) is 12.8 Å². The Kier molecular flexibility index (Phi) is 5.06. The fourth-order valence-corrected chi connectivity index (χ4v) is 0.749. The van der Waals surface area contributed by atoms with E-state index in [0.29, 0.717) is 0 Å². The molecule has 0 unspecified atom stereocenters. The van der Waals surface area contributed by atoms with Crippen LogP contribution >= 0.6 is 0 Å². The zero-order valence-corrected chi connectivity index (χ0v) is 7.23. The minimum absolute atomic E-state index is 0.0249. The molecule has 0 aromatic heterocycles. The van der Waals surface area contributed by atoms with Crippen LogP contribution in [0.4, 0.5) is 0 Å². The van der Waals surface area contributed by atoms with Crippen LogP contribution in [0.3, 0.4) is 0 Å². The maximum absolute atomic E-state index is 11.0. The van der Waals surface area contributed by atoms with Crippen molar-refractivity contribution in [3.05, 3.63) is 10.4 Å². The van der Waals surface area contributed by atoms with Gasteiger partial charge in [0.2, 0.25) is 11.8 Å². The van der Waals surface area contributed by atoms with Gasteiger partial charge in [0.1, 0.15) is 6.04 Å². The summed E-state index contributed by atoms with van der Waals surface area (Å²) in [5.74, 6) is -0.943. The van der Waals surface area contributed by atoms with Gasteiger partial charge in [-0.1, -0.05) is 5.11 Å². The molecule has 13 heavy (non-hydrogen) atoms. The van der Waals surface area contributed by atoms with Crippen molar-refractivity contribution in [3.63, 3.8) is 0 Å². The van der Waals surface area contributed by atoms with Crippen LogP contribution in [0, 0.1) is 0 Å². The maximum Gasteiger partial charge on any atom is 0.228 e. The molecule has 7 nitrogen and oxygen atoms in total. The van der Waals surface area contributed by atoms with Crippen molar-refractivity contribution in [1.82, 2.24) is 5.32 Å². The second-order valence-corrected chi connectivity index (χ2v) is 2.34. The van der Waals surface area contributed by atoms with E-state index in [-0.39, 0.29) is 12.8 Å². The average Bonchev–Trinajstić information content (AvgIpc) is 2.10. The summed E-state index contributed by atoms with van der Waals surface area (Å²) in [7, 11) is 1.42. The lowest BCUT2D eigenvalue weighted by Gasteiger charge is -2.06. The molecule has 0 radical (unpaired) electrons. The third-order valence-electron chi connectivity index (χ3n) is 1.40. The number of hydrogen-bond donors (Lipinski definition) is 2. The molecule has 0 bridgehead atoms. The highest BCUT2D eigenvalue weighted by Crippen LogP contribution is 2.02. The molecule has 0 rings (SSSR count). The Morgan fingerprint density at radius 1 is 1.69 bits per heavy atom. The van der Waals surface area contributed by atoms with Crippen molar-refractivity contribution in [2.75, 3.05) is 7.05 Å². The Morgan fingerprint density at radius 3 is 2.69 bits per heavy atom. The second-order valence-electron chi connectivity index (χ2n) is 2.34. The first-order chi connectivity index (χ1) is 6.11. The van der Waals surface area contributed by atoms with Crippen LogP contribution in [0.25, 0.3) is 10.4 Å². The monoisotopic (exact) mass is 185 g/mol. The van der Waals surface area contributed by atoms with Gasteiger partial charge in [-0.3, -0.25) is 9.59 Å². The average molecular weight is 185 g/mol. The van der Waals surface area contributed by atoms with Crippen LogP contribution in [0.5, 0.6) is 0 Å². The molecule has 0 spiro atoms. The number of carbonyl (C=O) groups excluding carboxylic acids is 2. The molecule has 0 aliphatic carbocycles. The Balaban J connectivity index is 4.17. The molecular weight excluding hydrogens is 174 g/mol. The zero-order valence-electron chi connectivity index (χ0n) is 7.23. The van der Waals surface area contributed by atoms with Gasteiger partial charge in [-0.25, -0.2) is 0 Å². The van der Waals surface area contributed by atoms with Crippen molar-refractivity contribution >= 4 is 11.8 Å². The zero-order chi connectivity index (χ0) is 10.3. The van der Waals surface area contributed by atoms with E-state index in [2.05, 4.69) is 15.3 Å². The Bertz CT molecular complexity index is 245. The fraction of sp³-hybridized carbons (Fsp3) is 0.667. The fourth-order valence-electron chi connectivity index (χ4n) is 0.749. The first-order valence-corrected chi connectivity index (χ1v) is 3.66. The molecule has 0 fully saturated rings. The molecule has 0 aliphatic heterocycles. The summed E-state index contributed by atoms with van der Waals surface area (Å²) in [6, 6.07) is -0.859. The minimum atomic E-state index is -0.859. The van der Waals surface area contributed by atoms with Crippen LogP contribution in [-0.4, -0.2) is 24.9 Å². The van der Waals surface area contributed by atoms with Gasteiger partial charge in [-0.05, 0) is 12.0 Å². The third-order valence-corrected chi connectivity index (χ3v) is 1.40. The third kappa shape index (κ3) is 4.65. The number of nitrogens with zero attached hydrogens (tertiary/aromatic N) is 3. The van der Waals surface area contributed by atoms with E-state index >= 15 is 0 Å². The van der Waals surface area contributed by atoms with Crippen molar-refractivity contribution in [2.45, 2.75) is 18.9 Å². The number of nitrogens with one attached hydrogen (secondary N) is 1. The highest BCUT2D eigenvalue weighted by Gasteiger charge is 2.15. The number of hydrogen-bond acceptors (Lipinski definition) is 3. The van der Waals surface area contributed by atoms with Gasteiger partial charge in [0, 0.05) is 18.4 Å². The maximum atomic E-state index is 11.0. The van der Waals surface area contributed by atoms with Gasteiger partial charge < -0.3 is 11.1 Å².